The fraction of sp³-hybridized carbons (Fsp3) is 0.100. The van der Waals surface area contributed by atoms with Gasteiger partial charge in [0.25, 0.3) is 6.33 Å². The average molecular weight is 287 g/mol. The highest BCUT2D eigenvalue weighted by atomic mass is 15.0. The molecule has 0 spiro atoms. The van der Waals surface area contributed by atoms with E-state index in [-0.39, 0.29) is 0 Å². The minimum absolute atomic E-state index is 0.991. The first-order chi connectivity index (χ1) is 10.7. The molecular weight excluding hydrogens is 268 g/mol. The van der Waals surface area contributed by atoms with Crippen molar-refractivity contribution in [1.29, 1.82) is 0 Å². The quantitative estimate of drug-likeness (QED) is 0.662. The number of rotatable bonds is 3. The Kier molecular flexibility index (Phi) is 4.10. The Balaban J connectivity index is 2.01. The van der Waals surface area contributed by atoms with Crippen molar-refractivity contribution in [2.24, 2.45) is 7.05 Å². The maximum absolute atomic E-state index is 4.52. The van der Waals surface area contributed by atoms with E-state index < -0.39 is 0 Å². The molecule has 2 heteroatoms. The molecule has 3 aromatic rings. The van der Waals surface area contributed by atoms with Crippen molar-refractivity contribution in [3.05, 3.63) is 84.3 Å². The van der Waals surface area contributed by atoms with Crippen molar-refractivity contribution in [1.82, 2.24) is 4.98 Å². The molecule has 0 fully saturated rings. The summed E-state index contributed by atoms with van der Waals surface area (Å²) >= 11 is 0. The molecule has 0 atom stereocenters. The van der Waals surface area contributed by atoms with E-state index in [0.717, 1.165) is 17.0 Å². The van der Waals surface area contributed by atoms with Gasteiger partial charge in [-0.15, -0.1) is 0 Å². The lowest BCUT2D eigenvalue weighted by Gasteiger charge is -2.03. The molecule has 2 nitrogen and oxygen atoms in total. The number of allylic oxidation sites excluding steroid dienone is 1. The van der Waals surface area contributed by atoms with Crippen LogP contribution in [0.25, 0.3) is 22.9 Å². The first kappa shape index (κ1) is 14.2. The number of benzene rings is 2. The van der Waals surface area contributed by atoms with Gasteiger partial charge in [0.1, 0.15) is 5.69 Å². The third kappa shape index (κ3) is 3.12. The Labute approximate surface area is 131 Å². The Morgan fingerprint density at radius 2 is 1.59 bits per heavy atom. The van der Waals surface area contributed by atoms with E-state index in [2.05, 4.69) is 60.4 Å². The summed E-state index contributed by atoms with van der Waals surface area (Å²) in [4.78, 5) is 4.52. The van der Waals surface area contributed by atoms with Crippen LogP contribution in [0, 0.1) is 0 Å². The average Bonchev–Trinajstić information content (AvgIpc) is 2.58. The lowest BCUT2D eigenvalue weighted by atomic mass is 10.1. The molecule has 0 radical (unpaired) electrons. The number of hydrogen-bond acceptors (Lipinski definition) is 1. The van der Waals surface area contributed by atoms with Gasteiger partial charge in [-0.05, 0) is 29.1 Å². The molecule has 3 rings (SSSR count). The fourth-order valence-corrected chi connectivity index (χ4v) is 2.41. The highest BCUT2D eigenvalue weighted by Crippen LogP contribution is 2.19. The van der Waals surface area contributed by atoms with Crippen LogP contribution in [0.5, 0.6) is 0 Å². The van der Waals surface area contributed by atoms with Gasteiger partial charge < -0.3 is 0 Å². The zero-order valence-electron chi connectivity index (χ0n) is 12.9. The SMILES string of the molecule is CC(=Cc1cc(-c2ccccc2)nc[n+]1C)c1ccccc1. The molecule has 2 aromatic carbocycles. The number of nitrogens with zero attached hydrogens (tertiary/aromatic N) is 2. The van der Waals surface area contributed by atoms with E-state index in [9.17, 15) is 0 Å². The van der Waals surface area contributed by atoms with E-state index in [1.54, 1.807) is 0 Å². The molecule has 108 valence electrons. The van der Waals surface area contributed by atoms with Crippen LogP contribution in [0.4, 0.5) is 0 Å². The summed E-state index contributed by atoms with van der Waals surface area (Å²) < 4.78 is 2.04. The summed E-state index contributed by atoms with van der Waals surface area (Å²) in [6.45, 7) is 2.14. The lowest BCUT2D eigenvalue weighted by Crippen LogP contribution is -2.32. The van der Waals surface area contributed by atoms with Crippen LogP contribution in [-0.2, 0) is 7.05 Å². The number of aromatic nitrogens is 2. The van der Waals surface area contributed by atoms with Gasteiger partial charge in [0, 0.05) is 11.6 Å². The first-order valence-corrected chi connectivity index (χ1v) is 7.39. The van der Waals surface area contributed by atoms with Crippen LogP contribution >= 0.6 is 0 Å². The molecule has 0 amide bonds. The second-order valence-electron chi connectivity index (χ2n) is 5.37. The second-order valence-corrected chi connectivity index (χ2v) is 5.37. The Morgan fingerprint density at radius 1 is 0.955 bits per heavy atom. The number of aryl methyl sites for hydroxylation is 1. The van der Waals surface area contributed by atoms with Crippen LogP contribution in [0.1, 0.15) is 18.2 Å². The van der Waals surface area contributed by atoms with Crippen molar-refractivity contribution >= 4 is 11.6 Å². The molecule has 1 heterocycles. The largest absolute Gasteiger partial charge is 0.287 e. The molecule has 0 saturated carbocycles. The van der Waals surface area contributed by atoms with Crippen molar-refractivity contribution in [2.45, 2.75) is 6.92 Å². The zero-order chi connectivity index (χ0) is 15.4. The van der Waals surface area contributed by atoms with Gasteiger partial charge in [-0.2, -0.15) is 0 Å². The molecule has 0 saturated heterocycles. The minimum Gasteiger partial charge on any atom is -0.233 e. The molecule has 1 aromatic heterocycles. The predicted octanol–water partition coefficient (Wildman–Crippen LogP) is 4.13. The van der Waals surface area contributed by atoms with E-state index in [1.165, 1.54) is 11.1 Å². The van der Waals surface area contributed by atoms with Crippen LogP contribution in [-0.4, -0.2) is 4.98 Å². The van der Waals surface area contributed by atoms with Crippen molar-refractivity contribution in [2.75, 3.05) is 0 Å². The van der Waals surface area contributed by atoms with Gasteiger partial charge >= 0.3 is 0 Å². The summed E-state index contributed by atoms with van der Waals surface area (Å²) in [6.07, 6.45) is 4.07. The highest BCUT2D eigenvalue weighted by molar-refractivity contribution is 5.79. The number of hydrogen-bond donors (Lipinski definition) is 0. The Bertz CT molecular complexity index is 790. The van der Waals surface area contributed by atoms with Gasteiger partial charge in [0.15, 0.2) is 5.69 Å². The maximum atomic E-state index is 4.52. The van der Waals surface area contributed by atoms with Crippen molar-refractivity contribution in [3.63, 3.8) is 0 Å². The summed E-state index contributed by atoms with van der Waals surface area (Å²) in [5.74, 6) is 0. The summed E-state index contributed by atoms with van der Waals surface area (Å²) in [5, 5.41) is 0. The topological polar surface area (TPSA) is 16.8 Å². The lowest BCUT2D eigenvalue weighted by molar-refractivity contribution is -0.676. The molecule has 0 N–H and O–H groups in total. The third-order valence-electron chi connectivity index (χ3n) is 3.72. The van der Waals surface area contributed by atoms with E-state index in [0.29, 0.717) is 0 Å². The van der Waals surface area contributed by atoms with Crippen molar-refractivity contribution < 1.29 is 4.57 Å². The van der Waals surface area contributed by atoms with Crippen LogP contribution in [0.2, 0.25) is 0 Å². The molecule has 0 aliphatic heterocycles. The fourth-order valence-electron chi connectivity index (χ4n) is 2.41. The van der Waals surface area contributed by atoms with Gasteiger partial charge in [-0.3, -0.25) is 0 Å². The van der Waals surface area contributed by atoms with Crippen LogP contribution in [0.3, 0.4) is 0 Å². The monoisotopic (exact) mass is 287 g/mol. The van der Waals surface area contributed by atoms with E-state index in [1.807, 2.05) is 42.2 Å². The maximum Gasteiger partial charge on any atom is 0.287 e. The molecule has 0 bridgehead atoms. The van der Waals surface area contributed by atoms with E-state index >= 15 is 0 Å². The van der Waals surface area contributed by atoms with Gasteiger partial charge in [0.05, 0.1) is 7.05 Å². The molecule has 0 aliphatic carbocycles. The third-order valence-corrected chi connectivity index (χ3v) is 3.72. The zero-order valence-corrected chi connectivity index (χ0v) is 12.9. The van der Waals surface area contributed by atoms with Crippen LogP contribution < -0.4 is 4.57 Å². The first-order valence-electron chi connectivity index (χ1n) is 7.39. The molecular formula is C20H19N2+. The predicted molar refractivity (Wildman–Crippen MR) is 90.8 cm³/mol. The molecule has 0 unspecified atom stereocenters. The van der Waals surface area contributed by atoms with Gasteiger partial charge in [0.2, 0.25) is 0 Å². The molecule has 22 heavy (non-hydrogen) atoms. The summed E-state index contributed by atoms with van der Waals surface area (Å²) in [7, 11) is 2.02. The highest BCUT2D eigenvalue weighted by Gasteiger charge is 2.09. The summed E-state index contributed by atoms with van der Waals surface area (Å²) in [5.41, 5.74) is 5.73. The van der Waals surface area contributed by atoms with E-state index in [4.69, 9.17) is 0 Å². The smallest absolute Gasteiger partial charge is 0.233 e. The van der Waals surface area contributed by atoms with Crippen LogP contribution in [0.15, 0.2) is 73.1 Å². The standard InChI is InChI=1S/C20H19N2/c1-16(17-9-5-3-6-10-17)13-19-14-20(21-15-22(19)2)18-11-7-4-8-12-18/h3-15H,1-2H3/q+1. The van der Waals surface area contributed by atoms with Crippen molar-refractivity contribution in [3.8, 4) is 11.3 Å². The Hall–Kier alpha value is -2.74. The van der Waals surface area contributed by atoms with Gasteiger partial charge in [-0.1, -0.05) is 60.7 Å². The minimum atomic E-state index is 0.991. The second kappa shape index (κ2) is 6.35. The van der Waals surface area contributed by atoms with Gasteiger partial charge in [-0.25, -0.2) is 4.57 Å². The molecule has 0 aliphatic rings. The Morgan fingerprint density at radius 3 is 2.27 bits per heavy atom. The summed E-state index contributed by atoms with van der Waals surface area (Å²) in [6, 6.07) is 22.8. The normalized spacial score (nSPS) is 11.5.